The highest BCUT2D eigenvalue weighted by Gasteiger charge is 2.30. The van der Waals surface area contributed by atoms with Gasteiger partial charge in [0.1, 0.15) is 0 Å². The van der Waals surface area contributed by atoms with Crippen molar-refractivity contribution in [2.75, 3.05) is 0 Å². The van der Waals surface area contributed by atoms with E-state index in [-0.39, 0.29) is 18.4 Å². The number of hydrogen-bond donors (Lipinski definition) is 1. The quantitative estimate of drug-likeness (QED) is 0.797. The molecule has 0 heterocycles. The van der Waals surface area contributed by atoms with Gasteiger partial charge in [-0.05, 0) is 36.2 Å². The standard InChI is InChI=1S/C17H15BrF3NO/c1-11(13-5-3-7-15(18)10-13)22-16(23)9-12-4-2-6-14(8-12)17(19,20)21/h2-8,10-11H,9H2,1H3,(H,22,23). The molecule has 1 N–H and O–H groups in total. The van der Waals surface area contributed by atoms with Crippen LogP contribution >= 0.6 is 15.9 Å². The van der Waals surface area contributed by atoms with Crippen LogP contribution in [0.15, 0.2) is 53.0 Å². The summed E-state index contributed by atoms with van der Waals surface area (Å²) in [7, 11) is 0. The van der Waals surface area contributed by atoms with Crippen LogP contribution in [0.25, 0.3) is 0 Å². The van der Waals surface area contributed by atoms with E-state index in [4.69, 9.17) is 0 Å². The van der Waals surface area contributed by atoms with Gasteiger partial charge in [0.25, 0.3) is 0 Å². The molecule has 0 saturated heterocycles. The third-order valence-electron chi connectivity index (χ3n) is 3.35. The van der Waals surface area contributed by atoms with E-state index in [0.717, 1.165) is 22.2 Å². The minimum absolute atomic E-state index is 0.0950. The van der Waals surface area contributed by atoms with E-state index in [2.05, 4.69) is 21.2 Å². The van der Waals surface area contributed by atoms with Gasteiger partial charge in [0.05, 0.1) is 18.0 Å². The molecule has 122 valence electrons. The second kappa shape index (κ2) is 7.17. The van der Waals surface area contributed by atoms with Crippen LogP contribution in [-0.2, 0) is 17.4 Å². The van der Waals surface area contributed by atoms with Gasteiger partial charge in [-0.1, -0.05) is 46.3 Å². The van der Waals surface area contributed by atoms with Crippen molar-refractivity contribution >= 4 is 21.8 Å². The number of carbonyl (C=O) groups excluding carboxylic acids is 1. The van der Waals surface area contributed by atoms with Crippen molar-refractivity contribution in [1.82, 2.24) is 5.32 Å². The average Bonchev–Trinajstić information content (AvgIpc) is 2.46. The third kappa shape index (κ3) is 5.10. The van der Waals surface area contributed by atoms with Crippen molar-refractivity contribution in [3.63, 3.8) is 0 Å². The van der Waals surface area contributed by atoms with Gasteiger partial charge in [-0.25, -0.2) is 0 Å². The van der Waals surface area contributed by atoms with Crippen molar-refractivity contribution in [2.24, 2.45) is 0 Å². The number of carbonyl (C=O) groups is 1. The first-order valence-corrected chi connectivity index (χ1v) is 7.76. The third-order valence-corrected chi connectivity index (χ3v) is 3.84. The van der Waals surface area contributed by atoms with Crippen molar-refractivity contribution in [1.29, 1.82) is 0 Å². The molecular weight excluding hydrogens is 371 g/mol. The van der Waals surface area contributed by atoms with Crippen molar-refractivity contribution in [3.8, 4) is 0 Å². The predicted molar refractivity (Wildman–Crippen MR) is 85.8 cm³/mol. The van der Waals surface area contributed by atoms with Gasteiger partial charge in [-0.3, -0.25) is 4.79 Å². The van der Waals surface area contributed by atoms with E-state index >= 15 is 0 Å². The van der Waals surface area contributed by atoms with Crippen LogP contribution in [0.4, 0.5) is 13.2 Å². The Morgan fingerprint density at radius 2 is 1.87 bits per heavy atom. The van der Waals surface area contributed by atoms with Crippen LogP contribution in [0.1, 0.15) is 29.7 Å². The molecule has 0 fully saturated rings. The zero-order valence-electron chi connectivity index (χ0n) is 12.3. The normalized spacial score (nSPS) is 12.7. The molecule has 0 aliphatic heterocycles. The maximum Gasteiger partial charge on any atom is 0.416 e. The molecule has 2 aromatic rings. The lowest BCUT2D eigenvalue weighted by Crippen LogP contribution is -2.28. The highest BCUT2D eigenvalue weighted by molar-refractivity contribution is 9.10. The first-order valence-electron chi connectivity index (χ1n) is 6.96. The fourth-order valence-corrected chi connectivity index (χ4v) is 2.61. The molecule has 2 rings (SSSR count). The van der Waals surface area contributed by atoms with Gasteiger partial charge in [-0.2, -0.15) is 13.2 Å². The fourth-order valence-electron chi connectivity index (χ4n) is 2.19. The second-order valence-electron chi connectivity index (χ2n) is 5.22. The van der Waals surface area contributed by atoms with E-state index in [1.807, 2.05) is 31.2 Å². The van der Waals surface area contributed by atoms with Crippen molar-refractivity contribution < 1.29 is 18.0 Å². The van der Waals surface area contributed by atoms with Gasteiger partial charge >= 0.3 is 6.18 Å². The molecule has 23 heavy (non-hydrogen) atoms. The smallest absolute Gasteiger partial charge is 0.349 e. The minimum atomic E-state index is -4.41. The van der Waals surface area contributed by atoms with Gasteiger partial charge in [0, 0.05) is 4.47 Å². The summed E-state index contributed by atoms with van der Waals surface area (Å²) in [4.78, 5) is 12.0. The molecule has 2 nitrogen and oxygen atoms in total. The van der Waals surface area contributed by atoms with Gasteiger partial charge in [0.15, 0.2) is 0 Å². The van der Waals surface area contributed by atoms with E-state index in [9.17, 15) is 18.0 Å². The topological polar surface area (TPSA) is 29.1 Å². The molecule has 6 heteroatoms. The SMILES string of the molecule is CC(NC(=O)Cc1cccc(C(F)(F)F)c1)c1cccc(Br)c1. The fraction of sp³-hybridized carbons (Fsp3) is 0.235. The van der Waals surface area contributed by atoms with Crippen molar-refractivity contribution in [2.45, 2.75) is 25.6 Å². The van der Waals surface area contributed by atoms with Crippen LogP contribution in [0.3, 0.4) is 0 Å². The van der Waals surface area contributed by atoms with Crippen LogP contribution in [-0.4, -0.2) is 5.91 Å². The Hall–Kier alpha value is -1.82. The van der Waals surface area contributed by atoms with Crippen LogP contribution < -0.4 is 5.32 Å². The Bertz CT molecular complexity index is 700. The molecule has 0 aliphatic rings. The lowest BCUT2D eigenvalue weighted by atomic mass is 10.1. The van der Waals surface area contributed by atoms with Gasteiger partial charge in [-0.15, -0.1) is 0 Å². The number of rotatable bonds is 4. The number of nitrogens with one attached hydrogen (secondary N) is 1. The van der Waals surface area contributed by atoms with Crippen LogP contribution in [0.5, 0.6) is 0 Å². The summed E-state index contributed by atoms with van der Waals surface area (Å²) in [5.41, 5.74) is 0.498. The van der Waals surface area contributed by atoms with Crippen LogP contribution in [0, 0.1) is 0 Å². The Labute approximate surface area is 140 Å². The maximum absolute atomic E-state index is 12.7. The number of benzene rings is 2. The Morgan fingerprint density at radius 3 is 2.52 bits per heavy atom. The molecule has 0 aromatic heterocycles. The van der Waals surface area contributed by atoms with Crippen molar-refractivity contribution in [3.05, 3.63) is 69.7 Å². The lowest BCUT2D eigenvalue weighted by molar-refractivity contribution is -0.137. The molecular formula is C17H15BrF3NO. The van der Waals surface area contributed by atoms with E-state index < -0.39 is 11.7 Å². The number of alkyl halides is 3. The largest absolute Gasteiger partial charge is 0.416 e. The average molecular weight is 386 g/mol. The first-order chi connectivity index (χ1) is 10.8. The molecule has 0 aliphatic carbocycles. The zero-order valence-corrected chi connectivity index (χ0v) is 13.9. The van der Waals surface area contributed by atoms with E-state index in [1.54, 1.807) is 0 Å². The number of halogens is 4. The summed E-state index contributed by atoms with van der Waals surface area (Å²) in [5, 5.41) is 2.79. The summed E-state index contributed by atoms with van der Waals surface area (Å²) in [6, 6.07) is 12.1. The Kier molecular flexibility index (Phi) is 5.46. The first kappa shape index (κ1) is 17.5. The molecule has 0 spiro atoms. The molecule has 1 amide bonds. The van der Waals surface area contributed by atoms with Gasteiger partial charge < -0.3 is 5.32 Å². The number of hydrogen-bond acceptors (Lipinski definition) is 1. The molecule has 1 unspecified atom stereocenters. The summed E-state index contributed by atoms with van der Waals surface area (Å²) in [5.74, 6) is -0.322. The lowest BCUT2D eigenvalue weighted by Gasteiger charge is -2.15. The highest BCUT2D eigenvalue weighted by atomic mass is 79.9. The molecule has 0 saturated carbocycles. The summed E-state index contributed by atoms with van der Waals surface area (Å²) >= 11 is 3.36. The second-order valence-corrected chi connectivity index (χ2v) is 6.13. The molecule has 2 aromatic carbocycles. The van der Waals surface area contributed by atoms with Crippen LogP contribution in [0.2, 0.25) is 0 Å². The van der Waals surface area contributed by atoms with E-state index in [0.29, 0.717) is 5.56 Å². The monoisotopic (exact) mass is 385 g/mol. The molecule has 0 radical (unpaired) electrons. The predicted octanol–water partition coefficient (Wildman–Crippen LogP) is 4.89. The highest BCUT2D eigenvalue weighted by Crippen LogP contribution is 2.29. The Morgan fingerprint density at radius 1 is 1.17 bits per heavy atom. The van der Waals surface area contributed by atoms with Gasteiger partial charge in [0.2, 0.25) is 5.91 Å². The summed E-state index contributed by atoms with van der Waals surface area (Å²) in [6.45, 7) is 1.83. The summed E-state index contributed by atoms with van der Waals surface area (Å²) in [6.07, 6.45) is -4.50. The summed E-state index contributed by atoms with van der Waals surface area (Å²) < 4.78 is 38.9. The maximum atomic E-state index is 12.7. The molecule has 0 bridgehead atoms. The Balaban J connectivity index is 2.02. The number of amides is 1. The molecule has 1 atom stereocenters. The van der Waals surface area contributed by atoms with E-state index in [1.165, 1.54) is 12.1 Å². The minimum Gasteiger partial charge on any atom is -0.349 e. The zero-order chi connectivity index (χ0) is 17.0.